The van der Waals surface area contributed by atoms with E-state index < -0.39 is 53.7 Å². The second-order valence-corrected chi connectivity index (χ2v) is 11.4. The number of aliphatic hydroxyl groups excluding tert-OH is 2. The molecule has 0 saturated heterocycles. The fourth-order valence-corrected chi connectivity index (χ4v) is 5.14. The van der Waals surface area contributed by atoms with Gasteiger partial charge < -0.3 is 66.9 Å². The van der Waals surface area contributed by atoms with Crippen molar-refractivity contribution in [1.29, 1.82) is 0 Å². The molecule has 27 heavy (non-hydrogen) atoms. The van der Waals surface area contributed by atoms with Crippen LogP contribution in [0.15, 0.2) is 0 Å². The SMILES string of the molecule is O=P([O-])([O-])C(O)P(=O)([O-])OCCl.O=P([O-])([O-])C(O)P(=O)([O-])OCCl.[Mg+2].[Mg+2].[Mg+2]. The van der Waals surface area contributed by atoms with E-state index >= 15 is 0 Å². The molecule has 0 aromatic heterocycles. The molecule has 0 spiro atoms. The summed E-state index contributed by atoms with van der Waals surface area (Å²) in [5.41, 5.74) is -6.16. The molecular weight excluding hydrogens is 540 g/mol. The monoisotopic (exact) mass is 546 g/mol. The maximum atomic E-state index is 10.5. The number of halogens is 2. The van der Waals surface area contributed by atoms with E-state index in [4.69, 9.17) is 33.4 Å². The topological polar surface area (TPSA) is 266 Å². The Morgan fingerprint density at radius 2 is 0.852 bits per heavy atom. The molecule has 0 aromatic carbocycles. The fourth-order valence-electron chi connectivity index (χ4n) is 0.616. The predicted octanol–water partition coefficient (Wildman–Crippen LogP) is -5.26. The molecule has 0 aromatic rings. The van der Waals surface area contributed by atoms with Gasteiger partial charge in [0.05, 0.1) is 0 Å². The summed E-state index contributed by atoms with van der Waals surface area (Å²) in [5, 5.41) is 16.8. The summed E-state index contributed by atoms with van der Waals surface area (Å²) in [6.07, 6.45) is 0. The number of aliphatic hydroxyl groups is 2. The van der Waals surface area contributed by atoms with Crippen LogP contribution in [0.1, 0.15) is 0 Å². The van der Waals surface area contributed by atoms with Crippen LogP contribution in [0.4, 0.5) is 0 Å². The van der Waals surface area contributed by atoms with Crippen LogP contribution in [0, 0.1) is 0 Å². The van der Waals surface area contributed by atoms with Gasteiger partial charge in [-0.2, -0.15) is 0 Å². The van der Waals surface area contributed by atoms with E-state index in [1.165, 1.54) is 0 Å². The first-order chi connectivity index (χ1) is 10.4. The minimum atomic E-state index is -5.61. The molecule has 0 aliphatic rings. The summed E-state index contributed by atoms with van der Waals surface area (Å²) in [6.45, 7) is 0. The summed E-state index contributed by atoms with van der Waals surface area (Å²) in [6, 6.07) is -1.73. The Hall–Kier alpha value is 3.40. The van der Waals surface area contributed by atoms with E-state index in [2.05, 4.69) is 9.05 Å². The Bertz CT molecular complexity index is 531. The summed E-state index contributed by atoms with van der Waals surface area (Å²) in [7, 11) is -21.5. The van der Waals surface area contributed by atoms with Crippen molar-refractivity contribution in [1.82, 2.24) is 0 Å². The van der Waals surface area contributed by atoms with Crippen LogP contribution < -0.4 is 29.4 Å². The molecule has 0 heterocycles. The van der Waals surface area contributed by atoms with Gasteiger partial charge in [0.1, 0.15) is 23.3 Å². The van der Waals surface area contributed by atoms with Crippen molar-refractivity contribution in [3.05, 3.63) is 0 Å². The molecule has 0 amide bonds. The fraction of sp³-hybridized carbons (Fsp3) is 1.00. The molecule has 0 aliphatic carbocycles. The van der Waals surface area contributed by atoms with Crippen LogP contribution in [-0.2, 0) is 27.3 Å². The third kappa shape index (κ3) is 17.6. The Labute approximate surface area is 211 Å². The van der Waals surface area contributed by atoms with Crippen molar-refractivity contribution < 1.29 is 66.9 Å². The third-order valence-electron chi connectivity index (χ3n) is 1.59. The van der Waals surface area contributed by atoms with E-state index in [0.717, 1.165) is 0 Å². The molecule has 0 rings (SSSR count). The van der Waals surface area contributed by atoms with Gasteiger partial charge in [-0.1, -0.05) is 23.2 Å². The van der Waals surface area contributed by atoms with Crippen molar-refractivity contribution in [2.45, 2.75) is 11.2 Å². The van der Waals surface area contributed by atoms with Crippen LogP contribution in [0.2, 0.25) is 0 Å². The number of rotatable bonds is 8. The van der Waals surface area contributed by atoms with Crippen molar-refractivity contribution in [2.24, 2.45) is 0 Å². The summed E-state index contributed by atoms with van der Waals surface area (Å²) in [4.78, 5) is 60.9. The molecule has 4 atom stereocenters. The molecule has 2 N–H and O–H groups in total. The van der Waals surface area contributed by atoms with Crippen LogP contribution in [0.3, 0.4) is 0 Å². The standard InChI is InChI=1S/2C2H7ClO7P2.3Mg/c2*3-1-10-12(8,9)2(4)11(5,6)7;;;/h2*2,4H,1H2,(H,8,9)(H2,5,6,7);;;/q;;3*+2/p-6. The zero-order chi connectivity index (χ0) is 20.0. The van der Waals surface area contributed by atoms with Crippen molar-refractivity contribution in [2.75, 3.05) is 12.1 Å². The molecule has 4 unspecified atom stereocenters. The average molecular weight is 548 g/mol. The van der Waals surface area contributed by atoms with Gasteiger partial charge in [0.2, 0.25) is 0 Å². The Morgan fingerprint density at radius 1 is 0.667 bits per heavy atom. The van der Waals surface area contributed by atoms with E-state index in [-0.39, 0.29) is 69.2 Å². The smallest absolute Gasteiger partial charge is 0.809 e. The molecule has 0 radical (unpaired) electrons. The molecule has 0 bridgehead atoms. The summed E-state index contributed by atoms with van der Waals surface area (Å²) in [5.74, 6) is 0. The second kappa shape index (κ2) is 17.0. The van der Waals surface area contributed by atoms with Crippen molar-refractivity contribution in [3.63, 3.8) is 0 Å². The van der Waals surface area contributed by atoms with Gasteiger partial charge in [-0.25, -0.2) is 0 Å². The minimum Gasteiger partial charge on any atom is -0.809 e. The molecule has 0 fully saturated rings. The van der Waals surface area contributed by atoms with Crippen molar-refractivity contribution in [3.8, 4) is 0 Å². The van der Waals surface area contributed by atoms with Gasteiger partial charge >= 0.3 is 69.2 Å². The van der Waals surface area contributed by atoms with Gasteiger partial charge in [0, 0.05) is 0 Å². The number of hydrogen-bond acceptors (Lipinski definition) is 14. The number of hydrogen-bond donors (Lipinski definition) is 2. The molecule has 14 nitrogen and oxygen atoms in total. The Morgan fingerprint density at radius 3 is 0.963 bits per heavy atom. The van der Waals surface area contributed by atoms with Crippen LogP contribution >= 0.6 is 53.6 Å². The van der Waals surface area contributed by atoms with E-state index in [1.807, 2.05) is 0 Å². The van der Waals surface area contributed by atoms with Crippen LogP contribution in [0.25, 0.3) is 0 Å². The minimum absolute atomic E-state index is 0. The zero-order valence-corrected chi connectivity index (χ0v) is 22.4. The first kappa shape index (κ1) is 40.7. The first-order valence-electron chi connectivity index (χ1n) is 4.85. The molecule has 23 heteroatoms. The van der Waals surface area contributed by atoms with Gasteiger partial charge in [0.25, 0.3) is 0 Å². The average Bonchev–Trinajstić information content (AvgIpc) is 2.35. The van der Waals surface area contributed by atoms with Gasteiger partial charge in [-0.3, -0.25) is 0 Å². The van der Waals surface area contributed by atoms with Gasteiger partial charge in [-0.05, 0) is 15.2 Å². The maximum Gasteiger partial charge on any atom is 2.00 e. The largest absolute Gasteiger partial charge is 2.00 e. The molecule has 148 valence electrons. The second-order valence-electron chi connectivity index (χ2n) is 3.33. The predicted molar refractivity (Wildman–Crippen MR) is 83.3 cm³/mol. The van der Waals surface area contributed by atoms with Crippen molar-refractivity contribution >= 4 is 123 Å². The summed E-state index contributed by atoms with van der Waals surface area (Å²) >= 11 is 9.56. The van der Waals surface area contributed by atoms with E-state index in [0.29, 0.717) is 0 Å². The summed E-state index contributed by atoms with van der Waals surface area (Å²) < 4.78 is 48.2. The van der Waals surface area contributed by atoms with Crippen LogP contribution in [0.5, 0.6) is 0 Å². The van der Waals surface area contributed by atoms with E-state index in [1.54, 1.807) is 0 Å². The zero-order valence-electron chi connectivity index (χ0n) is 13.0. The number of alkyl halides is 2. The van der Waals surface area contributed by atoms with Crippen LogP contribution in [-0.4, -0.2) is 103 Å². The van der Waals surface area contributed by atoms with Gasteiger partial charge in [0.15, 0.2) is 15.2 Å². The maximum absolute atomic E-state index is 10.5. The molecule has 0 saturated carbocycles. The quantitative estimate of drug-likeness (QED) is 0.163. The van der Waals surface area contributed by atoms with E-state index in [9.17, 15) is 47.6 Å². The Balaban J connectivity index is -0.000000108. The normalized spacial score (nSPS) is 17.9. The first-order valence-corrected chi connectivity index (χ1v) is 12.4. The molecule has 0 aliphatic heterocycles. The van der Waals surface area contributed by atoms with Gasteiger partial charge in [-0.15, -0.1) is 0 Å². The third-order valence-corrected chi connectivity index (χ3v) is 8.75. The Kier molecular flexibility index (Phi) is 25.6. The molecular formula is C4H8Cl2Mg3O14P4.